The molecule has 6 aliphatic rings. The lowest BCUT2D eigenvalue weighted by molar-refractivity contribution is -0.134. The van der Waals surface area contributed by atoms with E-state index in [2.05, 4.69) is 24.3 Å². The van der Waals surface area contributed by atoms with Gasteiger partial charge in [0.15, 0.2) is 22.2 Å². The number of carbonyl (C=O) groups excluding carboxylic acids is 1. The van der Waals surface area contributed by atoms with E-state index in [9.17, 15) is 13.2 Å². The minimum Gasteiger partial charge on any atom is -0.298 e. The second kappa shape index (κ2) is 7.68. The number of rotatable bonds is 0. The van der Waals surface area contributed by atoms with Crippen LogP contribution in [0.1, 0.15) is 70.2 Å². The van der Waals surface area contributed by atoms with Crippen LogP contribution in [0, 0.1) is 22.7 Å². The summed E-state index contributed by atoms with van der Waals surface area (Å²) in [6.07, 6.45) is 8.11. The fourth-order valence-corrected chi connectivity index (χ4v) is 10.7. The predicted octanol–water partition coefficient (Wildman–Crippen LogP) is 4.33. The Labute approximate surface area is 216 Å². The Morgan fingerprint density at radius 3 is 1.42 bits per heavy atom. The van der Waals surface area contributed by atoms with E-state index in [0.29, 0.717) is 42.3 Å². The van der Waals surface area contributed by atoms with Crippen molar-refractivity contribution in [3.05, 3.63) is 68.8 Å². The van der Waals surface area contributed by atoms with E-state index in [0.717, 1.165) is 60.8 Å². The summed E-state index contributed by atoms with van der Waals surface area (Å²) < 4.78 is 34.9. The van der Waals surface area contributed by atoms with Crippen LogP contribution >= 0.6 is 0 Å². The van der Waals surface area contributed by atoms with Crippen LogP contribution in [0.2, 0.25) is 0 Å². The molecule has 2 aliphatic heterocycles. The first-order valence-corrected chi connectivity index (χ1v) is 15.8. The van der Waals surface area contributed by atoms with Crippen molar-refractivity contribution in [1.82, 2.24) is 0 Å². The normalized spacial score (nSPS) is 38.1. The average molecular weight is 523 g/mol. The van der Waals surface area contributed by atoms with Gasteiger partial charge in [-0.05, 0) is 94.9 Å². The zero-order valence-corrected chi connectivity index (χ0v) is 21.9. The molecule has 188 valence electrons. The zero-order valence-electron chi connectivity index (χ0n) is 20.3. The van der Waals surface area contributed by atoms with Crippen LogP contribution in [0.5, 0.6) is 0 Å². The van der Waals surface area contributed by atoms with Gasteiger partial charge < -0.3 is 0 Å². The van der Waals surface area contributed by atoms with E-state index < -0.39 is 22.2 Å². The fourth-order valence-electron chi connectivity index (χ4n) is 8.99. The van der Waals surface area contributed by atoms with Gasteiger partial charge >= 0.3 is 0 Å². The highest BCUT2D eigenvalue weighted by atomic mass is 32.2. The Balaban J connectivity index is 1.19. The van der Waals surface area contributed by atoms with Crippen LogP contribution in [0.15, 0.2) is 24.3 Å². The molecule has 0 saturated heterocycles. The molecule has 2 aromatic rings. The minimum atomic E-state index is -1.25. The summed E-state index contributed by atoms with van der Waals surface area (Å²) in [6.45, 7) is 0.807. The number of hydrogen-bond acceptors (Lipinski definition) is 5. The monoisotopic (exact) mass is 522 g/mol. The molecule has 8 rings (SSSR count). The lowest BCUT2D eigenvalue weighted by Gasteiger charge is -2.37. The van der Waals surface area contributed by atoms with Gasteiger partial charge in [0.05, 0.1) is 24.7 Å². The summed E-state index contributed by atoms with van der Waals surface area (Å²) in [4.78, 5) is 14.9. The van der Waals surface area contributed by atoms with Crippen LogP contribution in [-0.2, 0) is 85.7 Å². The van der Waals surface area contributed by atoms with Crippen LogP contribution in [0.3, 0.4) is 0 Å². The Morgan fingerprint density at radius 2 is 1.00 bits per heavy atom. The van der Waals surface area contributed by atoms with Gasteiger partial charge in [0.1, 0.15) is 5.78 Å². The molecule has 0 amide bonds. The standard InChI is InChI=1S/C29H30O5S2/c30-27-28(9-17-5-21-13-33-35(31)15-23(21)7-19(17)11-28)25-3-1-2-4-26(25)29(27)10-18-6-22-14-34-36(32)16-24(22)8-20(18)12-29/h5-8,25-26H,1-4,9-16H2/t25-,26+,28?,29?,35?,36?. The largest absolute Gasteiger partial charge is 0.298 e. The topological polar surface area (TPSA) is 69.7 Å². The van der Waals surface area contributed by atoms with Gasteiger partial charge in [0.2, 0.25) is 0 Å². The average Bonchev–Trinajstić information content (AvgIpc) is 3.49. The molecule has 2 spiro atoms. The number of ketones is 1. The lowest BCUT2D eigenvalue weighted by atomic mass is 9.66. The van der Waals surface area contributed by atoms with E-state index in [1.807, 2.05) is 0 Å². The predicted molar refractivity (Wildman–Crippen MR) is 136 cm³/mol. The van der Waals surface area contributed by atoms with Gasteiger partial charge in [0.25, 0.3) is 0 Å². The molecule has 6 atom stereocenters. The number of Topliss-reactive ketones (excluding diaryl/α,β-unsaturated/α-hetero) is 1. The Bertz CT molecular complexity index is 1300. The van der Waals surface area contributed by atoms with E-state index in [1.54, 1.807) is 0 Å². The maximum absolute atomic E-state index is 14.9. The van der Waals surface area contributed by atoms with Gasteiger partial charge in [-0.25, -0.2) is 8.42 Å². The summed E-state index contributed by atoms with van der Waals surface area (Å²) >= 11 is -2.50. The first kappa shape index (κ1) is 22.3. The summed E-state index contributed by atoms with van der Waals surface area (Å²) in [6, 6.07) is 8.99. The number of carbonyl (C=O) groups is 1. The van der Waals surface area contributed by atoms with Crippen molar-refractivity contribution >= 4 is 27.9 Å². The lowest BCUT2D eigenvalue weighted by Crippen LogP contribution is -2.39. The van der Waals surface area contributed by atoms with Gasteiger partial charge in [-0.1, -0.05) is 37.1 Å². The fraction of sp³-hybridized carbons (Fsp3) is 0.552. The van der Waals surface area contributed by atoms with Crippen LogP contribution in [-0.4, -0.2) is 14.2 Å². The molecule has 0 radical (unpaired) electrons. The Morgan fingerprint density at radius 1 is 0.611 bits per heavy atom. The van der Waals surface area contributed by atoms with Gasteiger partial charge in [-0.2, -0.15) is 0 Å². The highest BCUT2D eigenvalue weighted by Gasteiger charge is 2.69. The second-order valence-electron chi connectivity index (χ2n) is 12.0. The molecule has 0 bridgehead atoms. The molecule has 4 unspecified atom stereocenters. The smallest absolute Gasteiger partial charge is 0.160 e. The SMILES string of the molecule is O=C1C2(Cc3cc4c(cc3C2)CS(=O)OC4)[C@@H]2CCCC[C@@H]2C12Cc1cc3c(cc1C2)CS(=O)OC3. The third-order valence-electron chi connectivity index (χ3n) is 10.4. The van der Waals surface area contributed by atoms with E-state index in [4.69, 9.17) is 8.37 Å². The molecule has 7 heteroatoms. The third kappa shape index (κ3) is 2.97. The summed E-state index contributed by atoms with van der Waals surface area (Å²) in [5.74, 6) is 2.29. The molecule has 5 nitrogen and oxygen atoms in total. The van der Waals surface area contributed by atoms with Gasteiger partial charge in [-0.15, -0.1) is 0 Å². The Kier molecular flexibility index (Phi) is 4.77. The molecule has 2 aromatic carbocycles. The molecule has 4 aliphatic carbocycles. The van der Waals surface area contributed by atoms with Gasteiger partial charge in [0, 0.05) is 10.8 Å². The van der Waals surface area contributed by atoms with Crippen molar-refractivity contribution in [2.75, 3.05) is 0 Å². The van der Waals surface area contributed by atoms with E-state index in [1.165, 1.54) is 35.1 Å². The zero-order chi connectivity index (χ0) is 24.2. The van der Waals surface area contributed by atoms with Crippen molar-refractivity contribution in [2.24, 2.45) is 22.7 Å². The molecule has 2 saturated carbocycles. The van der Waals surface area contributed by atoms with Crippen LogP contribution < -0.4 is 0 Å². The Hall–Kier alpha value is -1.67. The molecular weight excluding hydrogens is 492 g/mol. The van der Waals surface area contributed by atoms with Gasteiger partial charge in [-0.3, -0.25) is 13.2 Å². The molecule has 2 fully saturated rings. The van der Waals surface area contributed by atoms with E-state index >= 15 is 0 Å². The highest BCUT2D eigenvalue weighted by molar-refractivity contribution is 7.79. The quantitative estimate of drug-likeness (QED) is 0.515. The van der Waals surface area contributed by atoms with Crippen molar-refractivity contribution < 1.29 is 21.6 Å². The molecule has 0 aromatic heterocycles. The first-order chi connectivity index (χ1) is 17.4. The minimum absolute atomic E-state index is 0.302. The molecule has 2 heterocycles. The third-order valence-corrected chi connectivity index (χ3v) is 12.3. The molecule has 36 heavy (non-hydrogen) atoms. The highest BCUT2D eigenvalue weighted by Crippen LogP contribution is 2.67. The van der Waals surface area contributed by atoms with Crippen molar-refractivity contribution in [3.8, 4) is 0 Å². The van der Waals surface area contributed by atoms with Crippen molar-refractivity contribution in [1.29, 1.82) is 0 Å². The summed E-state index contributed by atoms with van der Waals surface area (Å²) in [5, 5.41) is 0. The number of benzene rings is 2. The summed E-state index contributed by atoms with van der Waals surface area (Å²) in [7, 11) is 0. The maximum atomic E-state index is 14.9. The van der Waals surface area contributed by atoms with E-state index in [-0.39, 0.29) is 10.8 Å². The van der Waals surface area contributed by atoms with Crippen molar-refractivity contribution in [3.63, 3.8) is 0 Å². The summed E-state index contributed by atoms with van der Waals surface area (Å²) in [5.41, 5.74) is 9.17. The second-order valence-corrected chi connectivity index (χ2v) is 14.3. The molecule has 0 N–H and O–H groups in total. The van der Waals surface area contributed by atoms with Crippen LogP contribution in [0.4, 0.5) is 0 Å². The first-order valence-electron chi connectivity index (χ1n) is 13.3. The van der Waals surface area contributed by atoms with Crippen molar-refractivity contribution in [2.45, 2.75) is 76.1 Å². The maximum Gasteiger partial charge on any atom is 0.160 e. The van der Waals surface area contributed by atoms with Crippen LogP contribution in [0.25, 0.3) is 0 Å². The molecular formula is C29H30O5S2. The number of hydrogen-bond donors (Lipinski definition) is 0. The number of fused-ring (bicyclic) bond motifs is 7.